The Balaban J connectivity index is 1.29. The third kappa shape index (κ3) is 5.42. The number of nitrogens with one attached hydrogen (secondary N) is 1. The van der Waals surface area contributed by atoms with Crippen molar-refractivity contribution in [2.75, 3.05) is 52.1 Å². The van der Waals surface area contributed by atoms with Gasteiger partial charge in [0.2, 0.25) is 11.9 Å². The van der Waals surface area contributed by atoms with Crippen molar-refractivity contribution in [3.05, 3.63) is 41.9 Å². The summed E-state index contributed by atoms with van der Waals surface area (Å²) in [6, 6.07) is 6.14. The fourth-order valence-corrected chi connectivity index (χ4v) is 5.24. The lowest BCUT2D eigenvalue weighted by molar-refractivity contribution is -0.131. The van der Waals surface area contributed by atoms with Crippen molar-refractivity contribution in [3.8, 4) is 0 Å². The summed E-state index contributed by atoms with van der Waals surface area (Å²) in [6.07, 6.45) is 8.04. The van der Waals surface area contributed by atoms with E-state index in [1.54, 1.807) is 25.2 Å². The van der Waals surface area contributed by atoms with Gasteiger partial charge in [-0.3, -0.25) is 14.5 Å². The van der Waals surface area contributed by atoms with Crippen LogP contribution in [0.4, 0.5) is 11.8 Å². The minimum absolute atomic E-state index is 0.00758. The summed E-state index contributed by atoms with van der Waals surface area (Å²) in [4.78, 5) is 44.3. The molecule has 0 atom stereocenters. The largest absolute Gasteiger partial charge is 0.343 e. The average Bonchev–Trinajstić information content (AvgIpc) is 3.57. The highest BCUT2D eigenvalue weighted by atomic mass is 16.2. The smallest absolute Gasteiger partial charge is 0.270 e. The molecule has 0 radical (unpaired) electrons. The molecule has 4 heterocycles. The first-order chi connectivity index (χ1) is 17.9. The number of nitrogens with two attached hydrogens (primary N) is 1. The van der Waals surface area contributed by atoms with Crippen molar-refractivity contribution >= 4 is 34.6 Å². The van der Waals surface area contributed by atoms with Gasteiger partial charge < -0.3 is 25.4 Å². The third-order valence-corrected chi connectivity index (χ3v) is 7.26. The molecule has 3 aromatic heterocycles. The highest BCUT2D eigenvalue weighted by Gasteiger charge is 2.26. The molecule has 1 saturated heterocycles. The molecule has 37 heavy (non-hydrogen) atoms. The van der Waals surface area contributed by atoms with E-state index in [0.717, 1.165) is 61.9 Å². The normalized spacial score (nSPS) is 16.9. The average molecular weight is 506 g/mol. The van der Waals surface area contributed by atoms with Crippen LogP contribution in [0.1, 0.15) is 47.8 Å². The number of hydrogen-bond acceptors (Lipinski definition) is 8. The number of carbonyl (C=O) groups excluding carboxylic acids is 2. The highest BCUT2D eigenvalue weighted by molar-refractivity contribution is 5.97. The SMILES string of the molecule is CN(C)C(=O)c1cc2cnc(Nc3ccc(CN4CCN(C(=O)CN)CC4)cn3)nc2n1C1CCCC1. The van der Waals surface area contributed by atoms with Crippen molar-refractivity contribution in [2.24, 2.45) is 5.73 Å². The monoisotopic (exact) mass is 505 g/mol. The molecule has 11 nitrogen and oxygen atoms in total. The number of piperazine rings is 1. The molecule has 1 aliphatic carbocycles. The Labute approximate surface area is 216 Å². The van der Waals surface area contributed by atoms with E-state index in [9.17, 15) is 9.59 Å². The van der Waals surface area contributed by atoms with Gasteiger partial charge in [0.05, 0.1) is 6.54 Å². The molecule has 0 bridgehead atoms. The van der Waals surface area contributed by atoms with Crippen LogP contribution >= 0.6 is 0 Å². The van der Waals surface area contributed by atoms with Gasteiger partial charge in [0.1, 0.15) is 17.2 Å². The molecule has 0 spiro atoms. The van der Waals surface area contributed by atoms with Gasteiger partial charge >= 0.3 is 0 Å². The van der Waals surface area contributed by atoms with Crippen LogP contribution in [0.25, 0.3) is 11.0 Å². The summed E-state index contributed by atoms with van der Waals surface area (Å²) in [7, 11) is 3.55. The summed E-state index contributed by atoms with van der Waals surface area (Å²) in [5.41, 5.74) is 8.01. The predicted molar refractivity (Wildman–Crippen MR) is 141 cm³/mol. The predicted octanol–water partition coefficient (Wildman–Crippen LogP) is 1.99. The first-order valence-electron chi connectivity index (χ1n) is 12.9. The van der Waals surface area contributed by atoms with Crippen LogP contribution in [-0.4, -0.2) is 92.9 Å². The zero-order valence-corrected chi connectivity index (χ0v) is 21.6. The molecule has 2 fully saturated rings. The maximum atomic E-state index is 12.9. The molecule has 3 aromatic rings. The molecule has 0 aromatic carbocycles. The standard InChI is InChI=1S/C26H35N9O2/c1-32(2)25(37)21-13-19-16-29-26(31-24(19)35(21)20-5-3-4-6-20)30-22-8-7-18(15-28-22)17-33-9-11-34(12-10-33)23(36)14-27/h7-8,13,15-16,20H,3-6,9-12,14,17,27H2,1-2H3,(H,28,29,30,31). The number of hydrogen-bond donors (Lipinski definition) is 2. The Morgan fingerprint density at radius 3 is 2.49 bits per heavy atom. The van der Waals surface area contributed by atoms with Crippen LogP contribution in [-0.2, 0) is 11.3 Å². The number of rotatable bonds is 7. The molecule has 1 aliphatic heterocycles. The van der Waals surface area contributed by atoms with Crippen molar-refractivity contribution in [1.29, 1.82) is 0 Å². The van der Waals surface area contributed by atoms with Crippen LogP contribution in [0, 0.1) is 0 Å². The first kappa shape index (κ1) is 25.1. The summed E-state index contributed by atoms with van der Waals surface area (Å²) in [5, 5.41) is 4.08. The van der Waals surface area contributed by atoms with Gasteiger partial charge in [0.25, 0.3) is 5.91 Å². The molecular formula is C26H35N9O2. The van der Waals surface area contributed by atoms with Crippen molar-refractivity contribution in [1.82, 2.24) is 34.2 Å². The number of carbonyl (C=O) groups is 2. The quantitative estimate of drug-likeness (QED) is 0.499. The maximum absolute atomic E-state index is 12.9. The Bertz CT molecular complexity index is 1260. The fourth-order valence-electron chi connectivity index (χ4n) is 5.24. The van der Waals surface area contributed by atoms with E-state index in [0.29, 0.717) is 30.5 Å². The minimum Gasteiger partial charge on any atom is -0.343 e. The van der Waals surface area contributed by atoms with E-state index < -0.39 is 0 Å². The number of amides is 2. The molecule has 2 amide bonds. The molecule has 196 valence electrons. The lowest BCUT2D eigenvalue weighted by Crippen LogP contribution is -2.49. The lowest BCUT2D eigenvalue weighted by Gasteiger charge is -2.34. The van der Waals surface area contributed by atoms with Gasteiger partial charge in [0.15, 0.2) is 0 Å². The molecule has 3 N–H and O–H groups in total. The second-order valence-electron chi connectivity index (χ2n) is 10.0. The van der Waals surface area contributed by atoms with E-state index in [1.807, 2.05) is 29.3 Å². The van der Waals surface area contributed by atoms with Crippen LogP contribution in [0.3, 0.4) is 0 Å². The highest BCUT2D eigenvalue weighted by Crippen LogP contribution is 2.34. The van der Waals surface area contributed by atoms with E-state index in [-0.39, 0.29) is 24.4 Å². The Morgan fingerprint density at radius 1 is 1.08 bits per heavy atom. The Hall–Kier alpha value is -3.57. The van der Waals surface area contributed by atoms with Crippen molar-refractivity contribution in [2.45, 2.75) is 38.3 Å². The zero-order valence-electron chi connectivity index (χ0n) is 21.6. The number of pyridine rings is 1. The van der Waals surface area contributed by atoms with Crippen LogP contribution in [0.2, 0.25) is 0 Å². The van der Waals surface area contributed by atoms with Gasteiger partial charge in [0, 0.05) is 70.6 Å². The lowest BCUT2D eigenvalue weighted by atomic mass is 10.2. The zero-order chi connectivity index (χ0) is 25.9. The van der Waals surface area contributed by atoms with E-state index in [2.05, 4.69) is 24.8 Å². The molecule has 0 unspecified atom stereocenters. The third-order valence-electron chi connectivity index (χ3n) is 7.26. The maximum Gasteiger partial charge on any atom is 0.270 e. The Kier molecular flexibility index (Phi) is 7.33. The fraction of sp³-hybridized carbons (Fsp3) is 0.500. The summed E-state index contributed by atoms with van der Waals surface area (Å²) >= 11 is 0. The summed E-state index contributed by atoms with van der Waals surface area (Å²) < 4.78 is 2.11. The molecule has 2 aliphatic rings. The van der Waals surface area contributed by atoms with Gasteiger partial charge in [-0.15, -0.1) is 0 Å². The van der Waals surface area contributed by atoms with Crippen LogP contribution in [0.15, 0.2) is 30.6 Å². The van der Waals surface area contributed by atoms with Gasteiger partial charge in [-0.1, -0.05) is 18.9 Å². The Morgan fingerprint density at radius 2 is 1.84 bits per heavy atom. The van der Waals surface area contributed by atoms with Gasteiger partial charge in [-0.2, -0.15) is 4.98 Å². The van der Waals surface area contributed by atoms with Crippen molar-refractivity contribution < 1.29 is 9.59 Å². The molecule has 1 saturated carbocycles. The number of anilines is 2. The molecule has 5 rings (SSSR count). The van der Waals surface area contributed by atoms with Crippen LogP contribution in [0.5, 0.6) is 0 Å². The number of nitrogens with zero attached hydrogens (tertiary/aromatic N) is 7. The topological polar surface area (TPSA) is 126 Å². The second kappa shape index (κ2) is 10.8. The van der Waals surface area contributed by atoms with E-state index >= 15 is 0 Å². The van der Waals surface area contributed by atoms with Gasteiger partial charge in [-0.25, -0.2) is 9.97 Å². The van der Waals surface area contributed by atoms with Crippen LogP contribution < -0.4 is 11.1 Å². The second-order valence-corrected chi connectivity index (χ2v) is 10.0. The van der Waals surface area contributed by atoms with Crippen molar-refractivity contribution in [3.63, 3.8) is 0 Å². The van der Waals surface area contributed by atoms with E-state index in [1.165, 1.54) is 0 Å². The summed E-state index contributed by atoms with van der Waals surface area (Å²) in [6.45, 7) is 3.88. The number of aromatic nitrogens is 4. The minimum atomic E-state index is -0.0240. The van der Waals surface area contributed by atoms with E-state index in [4.69, 9.17) is 10.7 Å². The number of fused-ring (bicyclic) bond motifs is 1. The first-order valence-corrected chi connectivity index (χ1v) is 12.9. The molecule has 11 heteroatoms. The van der Waals surface area contributed by atoms with Gasteiger partial charge in [-0.05, 0) is 30.5 Å². The summed E-state index contributed by atoms with van der Waals surface area (Å²) in [5.74, 6) is 1.09. The molecular weight excluding hydrogens is 470 g/mol.